The van der Waals surface area contributed by atoms with Crippen LogP contribution in [0.25, 0.3) is 0 Å². The second kappa shape index (κ2) is 13.7. The lowest BCUT2D eigenvalue weighted by Gasteiger charge is -2.22. The van der Waals surface area contributed by atoms with Crippen molar-refractivity contribution in [3.63, 3.8) is 0 Å². The lowest BCUT2D eigenvalue weighted by Crippen LogP contribution is -2.17. The van der Waals surface area contributed by atoms with E-state index in [1.807, 2.05) is 84.9 Å². The molecule has 0 aromatic heterocycles. The fourth-order valence-corrected chi connectivity index (χ4v) is 4.84. The summed E-state index contributed by atoms with van der Waals surface area (Å²) in [5.74, 6) is 1.57. The summed E-state index contributed by atoms with van der Waals surface area (Å²) in [6.45, 7) is 0.160. The predicted octanol–water partition coefficient (Wildman–Crippen LogP) is 6.51. The number of hydrogen-bond acceptors (Lipinski definition) is 7. The Kier molecular flexibility index (Phi) is 8.54. The van der Waals surface area contributed by atoms with Gasteiger partial charge in [0, 0.05) is 36.7 Å². The molecule has 4 aromatic rings. The predicted molar refractivity (Wildman–Crippen MR) is 162 cm³/mol. The van der Waals surface area contributed by atoms with Gasteiger partial charge in [0.1, 0.15) is 19.8 Å². The molecule has 0 amide bonds. The molecule has 5 rings (SSSR count). The molecule has 1 heterocycles. The molecule has 1 aliphatic rings. The van der Waals surface area contributed by atoms with Crippen molar-refractivity contribution in [1.29, 1.82) is 0 Å². The van der Waals surface area contributed by atoms with E-state index in [2.05, 4.69) is 4.99 Å². The molecular formula is C35H35NO6. The Morgan fingerprint density at radius 2 is 1.48 bits per heavy atom. The number of nitrogens with zero attached hydrogens (tertiary/aromatic N) is 1. The van der Waals surface area contributed by atoms with E-state index in [1.54, 1.807) is 14.2 Å². The highest BCUT2D eigenvalue weighted by molar-refractivity contribution is 6.04. The molecule has 0 atom stereocenters. The first-order valence-electron chi connectivity index (χ1n) is 14.7. The number of hydrogen-bond donors (Lipinski definition) is 0. The van der Waals surface area contributed by atoms with Gasteiger partial charge in [0.25, 0.3) is 0 Å². The van der Waals surface area contributed by atoms with Gasteiger partial charge in [-0.05, 0) is 46.9 Å². The molecule has 0 N–H and O–H groups in total. The van der Waals surface area contributed by atoms with Crippen molar-refractivity contribution < 1.29 is 31.2 Å². The van der Waals surface area contributed by atoms with Gasteiger partial charge in [-0.25, -0.2) is 0 Å². The molecule has 0 aliphatic carbocycles. The molecule has 0 radical (unpaired) electrons. The van der Waals surface area contributed by atoms with Crippen LogP contribution in [0.15, 0.2) is 89.9 Å². The summed E-state index contributed by atoms with van der Waals surface area (Å²) in [4.78, 5) is 16.4. The minimum absolute atomic E-state index is 0.0442. The summed E-state index contributed by atoms with van der Waals surface area (Å²) in [5, 5.41) is 0. The summed E-state index contributed by atoms with van der Waals surface area (Å²) in [7, 11) is 3.11. The molecule has 4 aromatic carbocycles. The average Bonchev–Trinajstić information content (AvgIpc) is 3.02. The molecule has 0 bridgehead atoms. The van der Waals surface area contributed by atoms with E-state index in [0.29, 0.717) is 47.5 Å². The molecule has 7 heteroatoms. The Hall–Kier alpha value is -4.78. The SMILES string of the molecule is [2H]C1([2H])Cc2cc(OC)c(OCc3ccccc3)cc2C(Cc2ccc(OCc3ccccc3)c(OC)c2COC(C)=O)=N1. The van der Waals surface area contributed by atoms with Gasteiger partial charge in [-0.2, -0.15) is 0 Å². The maximum absolute atomic E-state index is 11.8. The van der Waals surface area contributed by atoms with E-state index in [9.17, 15) is 4.79 Å². The molecule has 216 valence electrons. The number of esters is 1. The summed E-state index contributed by atoms with van der Waals surface area (Å²) in [5.41, 5.74) is 5.46. The van der Waals surface area contributed by atoms with E-state index < -0.39 is 12.5 Å². The van der Waals surface area contributed by atoms with Crippen molar-refractivity contribution in [2.45, 2.75) is 39.6 Å². The number of ether oxygens (including phenoxy) is 5. The first-order valence-corrected chi connectivity index (χ1v) is 13.7. The van der Waals surface area contributed by atoms with Crippen LogP contribution in [0.2, 0.25) is 0 Å². The third kappa shape index (κ3) is 6.92. The maximum Gasteiger partial charge on any atom is 0.302 e. The quantitative estimate of drug-likeness (QED) is 0.182. The van der Waals surface area contributed by atoms with Gasteiger partial charge < -0.3 is 23.7 Å². The van der Waals surface area contributed by atoms with Crippen molar-refractivity contribution in [2.24, 2.45) is 4.99 Å². The molecule has 0 fully saturated rings. The maximum atomic E-state index is 11.8. The van der Waals surface area contributed by atoms with E-state index in [4.69, 9.17) is 26.4 Å². The van der Waals surface area contributed by atoms with E-state index in [-0.39, 0.29) is 19.4 Å². The van der Waals surface area contributed by atoms with Crippen LogP contribution in [-0.2, 0) is 42.2 Å². The lowest BCUT2D eigenvalue weighted by atomic mass is 9.91. The van der Waals surface area contributed by atoms with Crippen LogP contribution in [-0.4, -0.2) is 32.4 Å². The highest BCUT2D eigenvalue weighted by Crippen LogP contribution is 2.37. The van der Waals surface area contributed by atoms with Crippen LogP contribution in [0.5, 0.6) is 23.0 Å². The Balaban J connectivity index is 1.50. The average molecular weight is 568 g/mol. The van der Waals surface area contributed by atoms with Gasteiger partial charge in [-0.1, -0.05) is 66.7 Å². The smallest absolute Gasteiger partial charge is 0.302 e. The fourth-order valence-electron chi connectivity index (χ4n) is 4.84. The standard InChI is InChI=1S/C35H35NO6/c1-24(37)40-23-30-27(14-15-32(35(30)39-3)41-21-25-10-6-4-7-11-25)18-31-29-20-34(42-22-26-12-8-5-9-13-26)33(38-2)19-28(29)16-17-36-31/h4-15,19-20H,16-18,21-23H2,1-3H3/i17D2. The van der Waals surface area contributed by atoms with Crippen molar-refractivity contribution in [1.82, 2.24) is 0 Å². The Labute approximate surface area is 249 Å². The van der Waals surface area contributed by atoms with Crippen LogP contribution in [0.3, 0.4) is 0 Å². The Bertz CT molecular complexity index is 1640. The molecule has 42 heavy (non-hydrogen) atoms. The van der Waals surface area contributed by atoms with Crippen LogP contribution in [0.4, 0.5) is 0 Å². The first-order chi connectivity index (χ1) is 21.3. The van der Waals surface area contributed by atoms with Crippen molar-refractivity contribution in [3.05, 3.63) is 118 Å². The lowest BCUT2D eigenvalue weighted by molar-refractivity contribution is -0.142. The van der Waals surface area contributed by atoms with Crippen LogP contribution in [0, 0.1) is 0 Å². The number of aliphatic imine (C=N–C) groups is 1. The number of rotatable bonds is 12. The second-order valence-corrected chi connectivity index (χ2v) is 9.79. The Morgan fingerprint density at radius 3 is 2.10 bits per heavy atom. The number of benzene rings is 4. The largest absolute Gasteiger partial charge is 0.493 e. The minimum Gasteiger partial charge on any atom is -0.493 e. The number of aryl methyl sites for hydroxylation is 1. The van der Waals surface area contributed by atoms with Crippen molar-refractivity contribution >= 4 is 11.7 Å². The number of methoxy groups -OCH3 is 2. The monoisotopic (exact) mass is 567 g/mol. The summed E-state index contributed by atoms with van der Waals surface area (Å²) >= 11 is 0. The van der Waals surface area contributed by atoms with Gasteiger partial charge in [0.2, 0.25) is 0 Å². The molecular weight excluding hydrogens is 530 g/mol. The number of carbonyl (C=O) groups excluding carboxylic acids is 1. The molecule has 0 spiro atoms. The van der Waals surface area contributed by atoms with E-state index >= 15 is 0 Å². The Morgan fingerprint density at radius 1 is 0.810 bits per heavy atom. The highest BCUT2D eigenvalue weighted by Gasteiger charge is 2.23. The topological polar surface area (TPSA) is 75.6 Å². The van der Waals surface area contributed by atoms with Crippen LogP contribution < -0.4 is 18.9 Å². The van der Waals surface area contributed by atoms with Gasteiger partial charge in [-0.15, -0.1) is 0 Å². The van der Waals surface area contributed by atoms with E-state index in [1.165, 1.54) is 6.92 Å². The van der Waals surface area contributed by atoms with Gasteiger partial charge in [-0.3, -0.25) is 9.79 Å². The highest BCUT2D eigenvalue weighted by atomic mass is 16.5. The second-order valence-electron chi connectivity index (χ2n) is 9.79. The molecule has 0 saturated heterocycles. The molecule has 0 saturated carbocycles. The number of fused-ring (bicyclic) bond motifs is 1. The van der Waals surface area contributed by atoms with Crippen molar-refractivity contribution in [2.75, 3.05) is 20.7 Å². The van der Waals surface area contributed by atoms with Crippen LogP contribution >= 0.6 is 0 Å². The third-order valence-electron chi connectivity index (χ3n) is 6.96. The molecule has 7 nitrogen and oxygen atoms in total. The first kappa shape index (κ1) is 26.1. The zero-order valence-corrected chi connectivity index (χ0v) is 24.0. The summed E-state index contributed by atoms with van der Waals surface area (Å²) in [6.07, 6.45) is 0.347. The normalized spacial score (nSPS) is 14.0. The minimum atomic E-state index is -1.82. The van der Waals surface area contributed by atoms with Crippen molar-refractivity contribution in [3.8, 4) is 23.0 Å². The zero-order chi connectivity index (χ0) is 31.1. The van der Waals surface area contributed by atoms with Crippen LogP contribution in [0.1, 0.15) is 43.0 Å². The summed E-state index contributed by atoms with van der Waals surface area (Å²) in [6, 6.07) is 27.0. The van der Waals surface area contributed by atoms with E-state index in [0.717, 1.165) is 27.8 Å². The van der Waals surface area contributed by atoms with Gasteiger partial charge >= 0.3 is 5.97 Å². The fraction of sp³-hybridized carbons (Fsp3) is 0.257. The van der Waals surface area contributed by atoms with Gasteiger partial charge in [0.05, 0.1) is 17.0 Å². The third-order valence-corrected chi connectivity index (χ3v) is 6.96. The van der Waals surface area contributed by atoms with Gasteiger partial charge in [0.15, 0.2) is 23.0 Å². The molecule has 0 unspecified atom stereocenters. The summed E-state index contributed by atoms with van der Waals surface area (Å²) < 4.78 is 46.3. The molecule has 1 aliphatic heterocycles. The zero-order valence-electron chi connectivity index (χ0n) is 26.0. The number of carbonyl (C=O) groups is 1.